The van der Waals surface area contributed by atoms with Crippen molar-refractivity contribution in [2.45, 2.75) is 6.61 Å². The van der Waals surface area contributed by atoms with Gasteiger partial charge in [-0.2, -0.15) is 0 Å². The lowest BCUT2D eigenvalue weighted by molar-refractivity contribution is -0.117. The molecule has 0 saturated carbocycles. The van der Waals surface area contributed by atoms with Gasteiger partial charge in [-0.15, -0.1) is 0 Å². The van der Waals surface area contributed by atoms with E-state index in [0.29, 0.717) is 31.9 Å². The first-order valence-electron chi connectivity index (χ1n) is 10.1. The van der Waals surface area contributed by atoms with Crippen molar-refractivity contribution in [2.75, 3.05) is 12.1 Å². The second-order valence-corrected chi connectivity index (χ2v) is 8.47. The molecule has 3 aromatic carbocycles. The predicted molar refractivity (Wildman–Crippen MR) is 133 cm³/mol. The number of hydrogen-bond acceptors (Lipinski definition) is 5. The van der Waals surface area contributed by atoms with Crippen LogP contribution in [0.5, 0.6) is 11.5 Å². The first kappa shape index (κ1) is 23.3. The van der Waals surface area contributed by atoms with E-state index in [4.69, 9.17) is 14.6 Å². The molecule has 1 fully saturated rings. The number of ether oxygens (including phenoxy) is 2. The third-order valence-electron chi connectivity index (χ3n) is 5.03. The van der Waals surface area contributed by atoms with Gasteiger partial charge in [-0.25, -0.2) is 9.80 Å². The van der Waals surface area contributed by atoms with E-state index in [1.807, 2.05) is 6.07 Å². The van der Waals surface area contributed by atoms with Crippen LogP contribution in [0, 0.1) is 3.57 Å². The van der Waals surface area contributed by atoms with E-state index in [1.165, 1.54) is 24.3 Å². The molecule has 0 radical (unpaired) electrons. The summed E-state index contributed by atoms with van der Waals surface area (Å²) in [7, 11) is 1.49. The fourth-order valence-electron chi connectivity index (χ4n) is 3.40. The van der Waals surface area contributed by atoms with Gasteiger partial charge in [0.2, 0.25) is 0 Å². The topological polar surface area (TPSA) is 105 Å². The van der Waals surface area contributed by atoms with Gasteiger partial charge in [0.1, 0.15) is 12.2 Å². The minimum Gasteiger partial charge on any atom is -0.493 e. The maximum absolute atomic E-state index is 12.8. The van der Waals surface area contributed by atoms with Crippen LogP contribution in [0.3, 0.4) is 0 Å². The Labute approximate surface area is 208 Å². The van der Waals surface area contributed by atoms with Crippen molar-refractivity contribution in [2.24, 2.45) is 0 Å². The van der Waals surface area contributed by atoms with Crippen LogP contribution in [0.25, 0.3) is 6.08 Å². The number of halogens is 1. The van der Waals surface area contributed by atoms with Crippen LogP contribution in [-0.2, 0) is 16.2 Å². The Kier molecular flexibility index (Phi) is 6.82. The lowest BCUT2D eigenvalue weighted by atomic mass is 10.1. The average molecular weight is 570 g/mol. The molecule has 0 aliphatic carbocycles. The quantitative estimate of drug-likeness (QED) is 0.253. The van der Waals surface area contributed by atoms with Gasteiger partial charge in [-0.1, -0.05) is 30.3 Å². The highest BCUT2D eigenvalue weighted by Gasteiger charge is 2.34. The van der Waals surface area contributed by atoms with Crippen molar-refractivity contribution in [1.29, 1.82) is 0 Å². The number of carboxylic acid groups (broad SMARTS) is 1. The number of hydrazine groups is 1. The highest BCUT2D eigenvalue weighted by molar-refractivity contribution is 14.1. The van der Waals surface area contributed by atoms with Gasteiger partial charge in [0, 0.05) is 0 Å². The Morgan fingerprint density at radius 1 is 1.09 bits per heavy atom. The number of aromatic carboxylic acids is 1. The molecule has 0 aromatic heterocycles. The van der Waals surface area contributed by atoms with Crippen molar-refractivity contribution >= 4 is 52.1 Å². The van der Waals surface area contributed by atoms with Crippen molar-refractivity contribution in [3.8, 4) is 11.5 Å². The number of para-hydroxylation sites is 1. The fraction of sp³-hybridized carbons (Fsp3) is 0.0800. The minimum absolute atomic E-state index is 0.000796. The summed E-state index contributed by atoms with van der Waals surface area (Å²) in [5, 5.41) is 10.4. The monoisotopic (exact) mass is 570 g/mol. The van der Waals surface area contributed by atoms with Crippen molar-refractivity contribution < 1.29 is 29.0 Å². The lowest BCUT2D eigenvalue weighted by Crippen LogP contribution is -2.35. The van der Waals surface area contributed by atoms with Gasteiger partial charge in [-0.3, -0.25) is 15.0 Å². The Morgan fingerprint density at radius 2 is 1.85 bits per heavy atom. The summed E-state index contributed by atoms with van der Waals surface area (Å²) in [6.45, 7) is 0.140. The molecule has 1 aliphatic heterocycles. The van der Waals surface area contributed by atoms with Crippen LogP contribution in [0.4, 0.5) is 5.69 Å². The molecule has 0 bridgehead atoms. The number of rotatable bonds is 7. The molecule has 0 atom stereocenters. The summed E-state index contributed by atoms with van der Waals surface area (Å²) >= 11 is 2.08. The summed E-state index contributed by atoms with van der Waals surface area (Å²) in [4.78, 5) is 36.5. The first-order valence-corrected chi connectivity index (χ1v) is 11.2. The maximum atomic E-state index is 12.8. The van der Waals surface area contributed by atoms with E-state index in [1.54, 1.807) is 54.6 Å². The number of amides is 2. The Bertz CT molecular complexity index is 1310. The maximum Gasteiger partial charge on any atom is 0.335 e. The number of carbonyl (C=O) groups excluding carboxylic acids is 2. The van der Waals surface area contributed by atoms with Crippen molar-refractivity contribution in [3.63, 3.8) is 0 Å². The highest BCUT2D eigenvalue weighted by Crippen LogP contribution is 2.35. The standard InChI is InChI=1S/C25H19IN2O6/c1-33-21-13-16(11-19-23(29)27-28(24(19)30)18-8-3-2-4-9-18)12-20(26)22(21)34-14-15-6-5-7-17(10-15)25(31)32/h2-13H,14H2,1H3,(H,27,29)(H,31,32)/b19-11-. The number of anilines is 1. The predicted octanol–water partition coefficient (Wildman–Crippen LogP) is 4.04. The van der Waals surface area contributed by atoms with Crippen molar-refractivity contribution in [1.82, 2.24) is 5.43 Å². The summed E-state index contributed by atoms with van der Waals surface area (Å²) in [5.41, 5.74) is 4.60. The molecule has 1 aliphatic rings. The number of nitrogens with zero attached hydrogens (tertiary/aromatic N) is 1. The van der Waals surface area contributed by atoms with Crippen LogP contribution < -0.4 is 19.9 Å². The highest BCUT2D eigenvalue weighted by atomic mass is 127. The summed E-state index contributed by atoms with van der Waals surface area (Å²) in [6.07, 6.45) is 1.51. The van der Waals surface area contributed by atoms with Gasteiger partial charge in [-0.05, 0) is 76.2 Å². The van der Waals surface area contributed by atoms with Gasteiger partial charge in [0.05, 0.1) is 21.9 Å². The van der Waals surface area contributed by atoms with Crippen LogP contribution in [-0.4, -0.2) is 30.0 Å². The second-order valence-electron chi connectivity index (χ2n) is 7.30. The third-order valence-corrected chi connectivity index (χ3v) is 5.83. The lowest BCUT2D eigenvalue weighted by Gasteiger charge is -2.14. The van der Waals surface area contributed by atoms with Crippen LogP contribution in [0.2, 0.25) is 0 Å². The van der Waals surface area contributed by atoms with Crippen LogP contribution in [0.1, 0.15) is 21.5 Å². The summed E-state index contributed by atoms with van der Waals surface area (Å²) < 4.78 is 12.1. The first-order chi connectivity index (χ1) is 16.4. The minimum atomic E-state index is -1.01. The van der Waals surface area contributed by atoms with E-state index < -0.39 is 17.8 Å². The fourth-order valence-corrected chi connectivity index (χ4v) is 4.18. The largest absolute Gasteiger partial charge is 0.493 e. The molecule has 34 heavy (non-hydrogen) atoms. The molecule has 1 heterocycles. The van der Waals surface area contributed by atoms with E-state index in [9.17, 15) is 14.4 Å². The number of benzene rings is 3. The molecule has 8 nitrogen and oxygen atoms in total. The molecule has 9 heteroatoms. The molecular formula is C25H19IN2O6. The number of methoxy groups -OCH3 is 1. The smallest absolute Gasteiger partial charge is 0.335 e. The third kappa shape index (κ3) is 4.88. The zero-order valence-corrected chi connectivity index (χ0v) is 20.1. The van der Waals surface area contributed by atoms with Crippen molar-refractivity contribution in [3.05, 3.63) is 92.6 Å². The molecule has 3 aromatic rings. The van der Waals surface area contributed by atoms with E-state index in [-0.39, 0.29) is 17.7 Å². The number of carbonyl (C=O) groups is 3. The number of carboxylic acids is 1. The van der Waals surface area contributed by atoms with Gasteiger partial charge >= 0.3 is 5.97 Å². The van der Waals surface area contributed by atoms with E-state index >= 15 is 0 Å². The Hall–Kier alpha value is -3.86. The molecule has 0 spiro atoms. The van der Waals surface area contributed by atoms with Crippen LogP contribution >= 0.6 is 22.6 Å². The number of hydrogen-bond donors (Lipinski definition) is 2. The van der Waals surface area contributed by atoms with E-state index in [2.05, 4.69) is 28.0 Å². The zero-order valence-electron chi connectivity index (χ0n) is 17.9. The second kappa shape index (κ2) is 9.96. The van der Waals surface area contributed by atoms with Crippen LogP contribution in [0.15, 0.2) is 72.3 Å². The molecule has 0 unspecified atom stereocenters. The van der Waals surface area contributed by atoms with E-state index in [0.717, 1.165) is 0 Å². The Morgan fingerprint density at radius 3 is 2.56 bits per heavy atom. The molecule has 1 saturated heterocycles. The molecule has 2 amide bonds. The van der Waals surface area contributed by atoms with Gasteiger partial charge < -0.3 is 14.6 Å². The molecule has 172 valence electrons. The number of nitrogens with one attached hydrogen (secondary N) is 1. The normalized spacial score (nSPS) is 14.3. The molecule has 4 rings (SSSR count). The summed E-state index contributed by atoms with van der Waals surface area (Å²) in [6, 6.07) is 18.8. The Balaban J connectivity index is 1.58. The molecular weight excluding hydrogens is 551 g/mol. The SMILES string of the molecule is COc1cc(/C=C2/C(=O)NN(c3ccccc3)C2=O)cc(I)c1OCc1cccc(C(=O)O)c1. The zero-order chi connectivity index (χ0) is 24.2. The molecule has 2 N–H and O–H groups in total. The average Bonchev–Trinajstić information content (AvgIpc) is 3.12. The van der Waals surface area contributed by atoms with Gasteiger partial charge in [0.25, 0.3) is 11.8 Å². The summed E-state index contributed by atoms with van der Waals surface area (Å²) in [5.74, 6) is -1.08. The van der Waals surface area contributed by atoms with Gasteiger partial charge in [0.15, 0.2) is 11.5 Å².